The SMILES string of the molecule is Cc1cc(C)nc(/N=C(\NC(=O)Nc2cccc(Cl)c2)N2CCN(C(=O)C3COc4ccccc4O3)CC2)n1. The molecule has 2 aromatic carbocycles. The summed E-state index contributed by atoms with van der Waals surface area (Å²) in [6.45, 7) is 5.53. The van der Waals surface area contributed by atoms with Crippen LogP contribution in [0.25, 0.3) is 0 Å². The van der Waals surface area contributed by atoms with Gasteiger partial charge in [-0.3, -0.25) is 10.1 Å². The summed E-state index contributed by atoms with van der Waals surface area (Å²) in [4.78, 5) is 43.0. The van der Waals surface area contributed by atoms with Crippen molar-refractivity contribution < 1.29 is 19.1 Å². The van der Waals surface area contributed by atoms with Gasteiger partial charge in [-0.25, -0.2) is 14.8 Å². The van der Waals surface area contributed by atoms with Gasteiger partial charge in [-0.15, -0.1) is 0 Å². The van der Waals surface area contributed by atoms with E-state index in [2.05, 4.69) is 25.6 Å². The number of benzene rings is 2. The molecule has 0 radical (unpaired) electrons. The minimum atomic E-state index is -0.718. The van der Waals surface area contributed by atoms with Gasteiger partial charge in [-0.2, -0.15) is 4.99 Å². The Hall–Kier alpha value is -4.38. The number of carbonyl (C=O) groups is 2. The fourth-order valence-corrected chi connectivity index (χ4v) is 4.53. The van der Waals surface area contributed by atoms with E-state index < -0.39 is 12.1 Å². The highest BCUT2D eigenvalue weighted by atomic mass is 35.5. The Morgan fingerprint density at radius 2 is 1.64 bits per heavy atom. The predicted molar refractivity (Wildman–Crippen MR) is 147 cm³/mol. The van der Waals surface area contributed by atoms with Gasteiger partial charge in [-0.05, 0) is 50.2 Å². The molecule has 0 aliphatic carbocycles. The highest BCUT2D eigenvalue weighted by Crippen LogP contribution is 2.31. The Labute approximate surface area is 230 Å². The summed E-state index contributed by atoms with van der Waals surface area (Å²) in [5.41, 5.74) is 2.06. The van der Waals surface area contributed by atoms with Gasteiger partial charge in [0.2, 0.25) is 12.1 Å². The number of hydrogen-bond acceptors (Lipinski definition) is 7. The van der Waals surface area contributed by atoms with Crippen molar-refractivity contribution in [1.82, 2.24) is 25.1 Å². The number of aliphatic imine (C=N–C) groups is 1. The fraction of sp³-hybridized carbons (Fsp3) is 0.296. The maximum atomic E-state index is 13.2. The topological polar surface area (TPSA) is 121 Å². The number of halogens is 1. The number of nitrogens with one attached hydrogen (secondary N) is 2. The quantitative estimate of drug-likeness (QED) is 0.378. The number of amides is 3. The van der Waals surface area contributed by atoms with Crippen LogP contribution in [0, 0.1) is 13.8 Å². The minimum absolute atomic E-state index is 0.146. The second-order valence-electron chi connectivity index (χ2n) is 9.15. The molecule has 1 aromatic heterocycles. The smallest absolute Gasteiger partial charge is 0.326 e. The Kier molecular flexibility index (Phi) is 7.78. The van der Waals surface area contributed by atoms with Gasteiger partial charge >= 0.3 is 6.03 Å². The molecule has 3 aromatic rings. The summed E-state index contributed by atoms with van der Waals surface area (Å²) in [6, 6.07) is 15.5. The summed E-state index contributed by atoms with van der Waals surface area (Å²) in [5, 5.41) is 6.08. The highest BCUT2D eigenvalue weighted by molar-refractivity contribution is 6.30. The molecule has 1 atom stereocenters. The first-order chi connectivity index (χ1) is 18.8. The summed E-state index contributed by atoms with van der Waals surface area (Å²) >= 11 is 6.04. The third kappa shape index (κ3) is 6.55. The number of fused-ring (bicyclic) bond motifs is 1. The fourth-order valence-electron chi connectivity index (χ4n) is 4.34. The van der Waals surface area contributed by atoms with Crippen molar-refractivity contribution in [3.63, 3.8) is 0 Å². The largest absolute Gasteiger partial charge is 0.485 e. The van der Waals surface area contributed by atoms with Crippen LogP contribution >= 0.6 is 11.6 Å². The lowest BCUT2D eigenvalue weighted by Gasteiger charge is -2.38. The zero-order valence-electron chi connectivity index (χ0n) is 21.6. The van der Waals surface area contributed by atoms with Gasteiger partial charge in [0.05, 0.1) is 0 Å². The molecule has 0 bridgehead atoms. The maximum absolute atomic E-state index is 13.2. The number of para-hydroxylation sites is 2. The third-order valence-corrected chi connectivity index (χ3v) is 6.39. The molecule has 5 rings (SSSR count). The first kappa shape index (κ1) is 26.2. The Bertz CT molecular complexity index is 1390. The lowest BCUT2D eigenvalue weighted by molar-refractivity contribution is -0.142. The number of carbonyl (C=O) groups excluding carboxylic acids is 2. The van der Waals surface area contributed by atoms with Crippen LogP contribution in [0.1, 0.15) is 11.4 Å². The monoisotopic (exact) mass is 549 g/mol. The third-order valence-electron chi connectivity index (χ3n) is 6.16. The van der Waals surface area contributed by atoms with Gasteiger partial charge in [0.15, 0.2) is 11.5 Å². The molecule has 2 aliphatic heterocycles. The van der Waals surface area contributed by atoms with Crippen molar-refractivity contribution in [3.8, 4) is 11.5 Å². The zero-order valence-corrected chi connectivity index (χ0v) is 22.3. The second-order valence-corrected chi connectivity index (χ2v) is 9.59. The van der Waals surface area contributed by atoms with Crippen molar-refractivity contribution in [2.24, 2.45) is 4.99 Å². The number of nitrogens with zero attached hydrogens (tertiary/aromatic N) is 5. The van der Waals surface area contributed by atoms with Crippen LogP contribution in [0.5, 0.6) is 11.5 Å². The molecule has 0 saturated carbocycles. The van der Waals surface area contributed by atoms with Gasteiger partial charge in [0.1, 0.15) is 6.61 Å². The van der Waals surface area contributed by atoms with E-state index >= 15 is 0 Å². The van der Waals surface area contributed by atoms with E-state index in [0.717, 1.165) is 11.4 Å². The van der Waals surface area contributed by atoms with E-state index in [0.29, 0.717) is 48.4 Å². The molecule has 3 heterocycles. The highest BCUT2D eigenvalue weighted by Gasteiger charge is 2.33. The maximum Gasteiger partial charge on any atom is 0.326 e. The molecule has 2 aliphatic rings. The molecule has 1 unspecified atom stereocenters. The van der Waals surface area contributed by atoms with Crippen LogP contribution in [0.3, 0.4) is 0 Å². The van der Waals surface area contributed by atoms with Crippen LogP contribution in [-0.2, 0) is 4.79 Å². The lowest BCUT2D eigenvalue weighted by atomic mass is 10.2. The van der Waals surface area contributed by atoms with E-state index in [1.807, 2.05) is 43.0 Å². The number of guanidine groups is 1. The first-order valence-electron chi connectivity index (χ1n) is 12.5. The molecule has 39 heavy (non-hydrogen) atoms. The predicted octanol–water partition coefficient (Wildman–Crippen LogP) is 3.54. The number of aryl methyl sites for hydroxylation is 2. The van der Waals surface area contributed by atoms with Crippen LogP contribution in [0.2, 0.25) is 5.02 Å². The number of anilines is 1. The standard InChI is InChI=1S/C27H28ClN7O4/c1-17-14-18(2)30-25(29-17)32-26(33-27(37)31-20-7-5-6-19(28)15-20)35-12-10-34(11-13-35)24(36)23-16-38-21-8-3-4-9-22(21)39-23/h3-9,14-15,23H,10-13,16H2,1-2H3,(H2,29,30,31,32,33,37). The molecule has 3 amide bonds. The molecule has 1 saturated heterocycles. The van der Waals surface area contributed by atoms with Gasteiger partial charge in [0, 0.05) is 48.3 Å². The van der Waals surface area contributed by atoms with Crippen molar-refractivity contribution in [2.45, 2.75) is 20.0 Å². The van der Waals surface area contributed by atoms with Gasteiger partial charge in [0.25, 0.3) is 11.9 Å². The summed E-state index contributed by atoms with van der Waals surface area (Å²) < 4.78 is 11.6. The second kappa shape index (κ2) is 11.6. The Morgan fingerprint density at radius 1 is 0.949 bits per heavy atom. The van der Waals surface area contributed by atoms with Crippen molar-refractivity contribution >= 4 is 41.1 Å². The van der Waals surface area contributed by atoms with Gasteiger partial charge < -0.3 is 24.6 Å². The molecular formula is C27H28ClN7O4. The molecule has 1 fully saturated rings. The van der Waals surface area contributed by atoms with E-state index in [-0.39, 0.29) is 24.4 Å². The van der Waals surface area contributed by atoms with Crippen LogP contribution in [0.4, 0.5) is 16.4 Å². The zero-order chi connectivity index (χ0) is 27.4. The van der Waals surface area contributed by atoms with E-state index in [4.69, 9.17) is 21.1 Å². The average molecular weight is 550 g/mol. The minimum Gasteiger partial charge on any atom is -0.485 e. The Balaban J connectivity index is 1.28. The number of piperazine rings is 1. The summed E-state index contributed by atoms with van der Waals surface area (Å²) in [5.74, 6) is 1.54. The van der Waals surface area contributed by atoms with Crippen LogP contribution in [0.15, 0.2) is 59.6 Å². The number of rotatable bonds is 3. The van der Waals surface area contributed by atoms with Crippen LogP contribution < -0.4 is 20.1 Å². The molecular weight excluding hydrogens is 522 g/mol. The summed E-state index contributed by atoms with van der Waals surface area (Å²) in [7, 11) is 0. The number of hydrogen-bond donors (Lipinski definition) is 2. The molecule has 12 heteroatoms. The van der Waals surface area contributed by atoms with Crippen LogP contribution in [-0.4, -0.2) is 76.6 Å². The molecule has 11 nitrogen and oxygen atoms in total. The lowest BCUT2D eigenvalue weighted by Crippen LogP contribution is -2.57. The summed E-state index contributed by atoms with van der Waals surface area (Å²) in [6.07, 6.45) is -0.718. The van der Waals surface area contributed by atoms with Crippen molar-refractivity contribution in [3.05, 3.63) is 71.0 Å². The van der Waals surface area contributed by atoms with E-state index in [9.17, 15) is 9.59 Å². The van der Waals surface area contributed by atoms with Gasteiger partial charge in [-0.1, -0.05) is 29.8 Å². The molecule has 202 valence electrons. The number of aromatic nitrogens is 2. The van der Waals surface area contributed by atoms with Crippen molar-refractivity contribution in [2.75, 3.05) is 38.1 Å². The van der Waals surface area contributed by atoms with E-state index in [1.54, 1.807) is 35.2 Å². The normalized spacial score (nSPS) is 17.0. The Morgan fingerprint density at radius 3 is 2.36 bits per heavy atom. The molecule has 0 spiro atoms. The first-order valence-corrected chi connectivity index (χ1v) is 12.9. The van der Waals surface area contributed by atoms with Crippen molar-refractivity contribution in [1.29, 1.82) is 0 Å². The van der Waals surface area contributed by atoms with E-state index in [1.165, 1.54) is 0 Å². The average Bonchev–Trinajstić information content (AvgIpc) is 2.91. The molecule has 2 N–H and O–H groups in total. The number of urea groups is 1. The number of ether oxygens (including phenoxy) is 2.